The zero-order valence-corrected chi connectivity index (χ0v) is 12.2. The van der Waals surface area contributed by atoms with Crippen molar-refractivity contribution in [3.05, 3.63) is 29.3 Å². The standard InChI is InChI=1S/C15H24N2O2/c1-10(2)8-15(4,9-16)17-14(19)12-7-5-6-11(3)13(12)18/h5-7,10,18H,8-9,16H2,1-4H3,(H,17,19). The molecule has 0 bridgehead atoms. The Morgan fingerprint density at radius 3 is 2.63 bits per heavy atom. The number of nitrogens with two attached hydrogens (primary N) is 1. The second-order valence-corrected chi connectivity index (χ2v) is 5.79. The summed E-state index contributed by atoms with van der Waals surface area (Å²) in [5.41, 5.74) is 6.30. The molecule has 0 radical (unpaired) electrons. The average molecular weight is 264 g/mol. The van der Waals surface area contributed by atoms with E-state index < -0.39 is 5.54 Å². The summed E-state index contributed by atoms with van der Waals surface area (Å²) >= 11 is 0. The first kappa shape index (κ1) is 15.5. The molecular weight excluding hydrogens is 240 g/mol. The van der Waals surface area contributed by atoms with Crippen molar-refractivity contribution in [1.82, 2.24) is 5.32 Å². The smallest absolute Gasteiger partial charge is 0.255 e. The van der Waals surface area contributed by atoms with Gasteiger partial charge in [-0.05, 0) is 37.8 Å². The van der Waals surface area contributed by atoms with Gasteiger partial charge < -0.3 is 16.2 Å². The molecule has 4 heteroatoms. The van der Waals surface area contributed by atoms with Gasteiger partial charge in [0.15, 0.2) is 0 Å². The molecule has 1 atom stereocenters. The quantitative estimate of drug-likeness (QED) is 0.763. The number of aryl methyl sites for hydroxylation is 1. The van der Waals surface area contributed by atoms with E-state index in [0.717, 1.165) is 6.42 Å². The summed E-state index contributed by atoms with van der Waals surface area (Å²) in [6.45, 7) is 8.23. The molecule has 0 aliphatic carbocycles. The first-order valence-electron chi connectivity index (χ1n) is 6.60. The summed E-state index contributed by atoms with van der Waals surface area (Å²) in [7, 11) is 0. The van der Waals surface area contributed by atoms with Crippen molar-refractivity contribution in [3.8, 4) is 5.75 Å². The largest absolute Gasteiger partial charge is 0.507 e. The molecule has 0 aliphatic rings. The van der Waals surface area contributed by atoms with E-state index in [1.165, 1.54) is 0 Å². The molecule has 106 valence electrons. The summed E-state index contributed by atoms with van der Waals surface area (Å²) in [6, 6.07) is 5.14. The molecule has 4 nitrogen and oxygen atoms in total. The molecule has 0 aliphatic heterocycles. The second-order valence-electron chi connectivity index (χ2n) is 5.79. The summed E-state index contributed by atoms with van der Waals surface area (Å²) < 4.78 is 0. The van der Waals surface area contributed by atoms with Crippen molar-refractivity contribution in [2.24, 2.45) is 11.7 Å². The van der Waals surface area contributed by atoms with Gasteiger partial charge in [-0.2, -0.15) is 0 Å². The first-order valence-corrected chi connectivity index (χ1v) is 6.60. The molecule has 1 aromatic rings. The molecule has 0 heterocycles. The normalized spacial score (nSPS) is 14.2. The maximum Gasteiger partial charge on any atom is 0.255 e. The molecule has 0 saturated carbocycles. The lowest BCUT2D eigenvalue weighted by Crippen LogP contribution is -2.52. The predicted octanol–water partition coefficient (Wildman–Crippen LogP) is 2.19. The molecule has 1 amide bonds. The maximum atomic E-state index is 12.2. The molecule has 1 aromatic carbocycles. The predicted molar refractivity (Wildman–Crippen MR) is 77.2 cm³/mol. The highest BCUT2D eigenvalue weighted by Crippen LogP contribution is 2.23. The first-order chi connectivity index (χ1) is 8.79. The number of carbonyl (C=O) groups is 1. The van der Waals surface area contributed by atoms with E-state index in [0.29, 0.717) is 23.6 Å². The van der Waals surface area contributed by atoms with Gasteiger partial charge >= 0.3 is 0 Å². The Morgan fingerprint density at radius 1 is 1.47 bits per heavy atom. The Bertz CT molecular complexity index is 457. The Kier molecular flexibility index (Phi) is 4.95. The minimum Gasteiger partial charge on any atom is -0.507 e. The van der Waals surface area contributed by atoms with E-state index >= 15 is 0 Å². The van der Waals surface area contributed by atoms with Crippen LogP contribution in [0.1, 0.15) is 43.1 Å². The van der Waals surface area contributed by atoms with E-state index in [2.05, 4.69) is 19.2 Å². The van der Waals surface area contributed by atoms with Crippen LogP contribution in [-0.4, -0.2) is 23.1 Å². The zero-order valence-electron chi connectivity index (χ0n) is 12.2. The van der Waals surface area contributed by atoms with Gasteiger partial charge in [-0.25, -0.2) is 0 Å². The van der Waals surface area contributed by atoms with Gasteiger partial charge in [0.25, 0.3) is 5.91 Å². The number of carbonyl (C=O) groups excluding carboxylic acids is 1. The summed E-state index contributed by atoms with van der Waals surface area (Å²) in [4.78, 5) is 12.2. The highest BCUT2D eigenvalue weighted by Gasteiger charge is 2.27. The Morgan fingerprint density at radius 2 is 2.11 bits per heavy atom. The lowest BCUT2D eigenvalue weighted by Gasteiger charge is -2.31. The fourth-order valence-electron chi connectivity index (χ4n) is 2.27. The number of phenols is 1. The number of hydrogen-bond acceptors (Lipinski definition) is 3. The van der Waals surface area contributed by atoms with Gasteiger partial charge in [-0.1, -0.05) is 26.0 Å². The number of rotatable bonds is 5. The number of aromatic hydroxyl groups is 1. The van der Waals surface area contributed by atoms with E-state index in [1.54, 1.807) is 25.1 Å². The summed E-state index contributed by atoms with van der Waals surface area (Å²) in [6.07, 6.45) is 0.793. The third-order valence-corrected chi connectivity index (χ3v) is 3.21. The SMILES string of the molecule is Cc1cccc(C(=O)NC(C)(CN)CC(C)C)c1O. The van der Waals surface area contributed by atoms with Gasteiger partial charge in [0.1, 0.15) is 5.75 Å². The van der Waals surface area contributed by atoms with Crippen molar-refractivity contribution in [1.29, 1.82) is 0 Å². The van der Waals surface area contributed by atoms with Gasteiger partial charge in [-0.15, -0.1) is 0 Å². The van der Waals surface area contributed by atoms with Crippen LogP contribution in [0.5, 0.6) is 5.75 Å². The van der Waals surface area contributed by atoms with Crippen LogP contribution in [0.25, 0.3) is 0 Å². The summed E-state index contributed by atoms with van der Waals surface area (Å²) in [5.74, 6) is 0.179. The van der Waals surface area contributed by atoms with E-state index in [-0.39, 0.29) is 11.7 Å². The molecule has 0 fully saturated rings. The Hall–Kier alpha value is -1.55. The van der Waals surface area contributed by atoms with E-state index in [4.69, 9.17) is 5.73 Å². The van der Waals surface area contributed by atoms with Crippen LogP contribution >= 0.6 is 0 Å². The van der Waals surface area contributed by atoms with Crippen LogP contribution in [0.3, 0.4) is 0 Å². The lowest BCUT2D eigenvalue weighted by atomic mass is 9.90. The van der Waals surface area contributed by atoms with Gasteiger partial charge in [0.2, 0.25) is 0 Å². The highest BCUT2D eigenvalue weighted by atomic mass is 16.3. The van der Waals surface area contributed by atoms with Crippen LogP contribution in [0.4, 0.5) is 0 Å². The van der Waals surface area contributed by atoms with Crippen LogP contribution in [0, 0.1) is 12.8 Å². The molecular formula is C15H24N2O2. The number of phenolic OH excluding ortho intramolecular Hbond substituents is 1. The lowest BCUT2D eigenvalue weighted by molar-refractivity contribution is 0.0895. The Balaban J connectivity index is 2.92. The van der Waals surface area contributed by atoms with Crippen LogP contribution in [-0.2, 0) is 0 Å². The third-order valence-electron chi connectivity index (χ3n) is 3.21. The number of hydrogen-bond donors (Lipinski definition) is 3. The number of para-hydroxylation sites is 1. The second kappa shape index (κ2) is 6.06. The molecule has 0 aromatic heterocycles. The summed E-state index contributed by atoms with van der Waals surface area (Å²) in [5, 5.41) is 12.9. The van der Waals surface area contributed by atoms with Crippen molar-refractivity contribution in [2.45, 2.75) is 39.7 Å². The number of benzene rings is 1. The Labute approximate surface area is 115 Å². The molecule has 0 spiro atoms. The van der Waals surface area contributed by atoms with Gasteiger partial charge in [0, 0.05) is 12.1 Å². The van der Waals surface area contributed by atoms with E-state index in [1.807, 2.05) is 6.92 Å². The van der Waals surface area contributed by atoms with Crippen LogP contribution in [0.15, 0.2) is 18.2 Å². The van der Waals surface area contributed by atoms with Crippen molar-refractivity contribution in [3.63, 3.8) is 0 Å². The topological polar surface area (TPSA) is 75.4 Å². The third kappa shape index (κ3) is 3.96. The van der Waals surface area contributed by atoms with Gasteiger partial charge in [-0.3, -0.25) is 4.79 Å². The van der Waals surface area contributed by atoms with Gasteiger partial charge in [0.05, 0.1) is 5.56 Å². The maximum absolute atomic E-state index is 12.2. The number of nitrogens with one attached hydrogen (secondary N) is 1. The minimum absolute atomic E-state index is 0.0314. The highest BCUT2D eigenvalue weighted by molar-refractivity contribution is 5.97. The average Bonchev–Trinajstić information content (AvgIpc) is 2.31. The molecule has 1 rings (SSSR count). The van der Waals surface area contributed by atoms with Crippen molar-refractivity contribution < 1.29 is 9.90 Å². The molecule has 0 saturated heterocycles. The fraction of sp³-hybridized carbons (Fsp3) is 0.533. The molecule has 19 heavy (non-hydrogen) atoms. The molecule has 1 unspecified atom stereocenters. The fourth-order valence-corrected chi connectivity index (χ4v) is 2.27. The van der Waals surface area contributed by atoms with Crippen LogP contribution in [0.2, 0.25) is 0 Å². The minimum atomic E-state index is -0.457. The van der Waals surface area contributed by atoms with Crippen molar-refractivity contribution in [2.75, 3.05) is 6.54 Å². The molecule has 4 N–H and O–H groups in total. The zero-order chi connectivity index (χ0) is 14.6. The van der Waals surface area contributed by atoms with E-state index in [9.17, 15) is 9.90 Å². The van der Waals surface area contributed by atoms with Crippen LogP contribution < -0.4 is 11.1 Å². The monoisotopic (exact) mass is 264 g/mol. The number of amides is 1. The van der Waals surface area contributed by atoms with Crippen molar-refractivity contribution >= 4 is 5.91 Å².